The van der Waals surface area contributed by atoms with Crippen LogP contribution in [0, 0.1) is 11.7 Å². The Morgan fingerprint density at radius 2 is 2.10 bits per heavy atom. The van der Waals surface area contributed by atoms with Crippen molar-refractivity contribution in [1.82, 2.24) is 9.55 Å². The van der Waals surface area contributed by atoms with E-state index in [4.69, 9.17) is 9.29 Å². The fourth-order valence-corrected chi connectivity index (χ4v) is 4.32. The van der Waals surface area contributed by atoms with Crippen LogP contribution >= 0.6 is 11.3 Å². The molecular formula is C21H25FN2O4S2. The van der Waals surface area contributed by atoms with E-state index in [1.54, 1.807) is 18.4 Å². The number of aryl methyl sites for hydroxylation is 2. The fraction of sp³-hybridized carbons (Fsp3) is 0.381. The van der Waals surface area contributed by atoms with Gasteiger partial charge in [-0.3, -0.25) is 4.55 Å². The number of rotatable bonds is 4. The van der Waals surface area contributed by atoms with Crippen LogP contribution in [0.3, 0.4) is 0 Å². The molecule has 0 unspecified atom stereocenters. The van der Waals surface area contributed by atoms with E-state index in [2.05, 4.69) is 23.4 Å². The van der Waals surface area contributed by atoms with E-state index in [0.29, 0.717) is 35.5 Å². The van der Waals surface area contributed by atoms with Gasteiger partial charge in [-0.15, -0.1) is 11.3 Å². The summed E-state index contributed by atoms with van der Waals surface area (Å²) in [6.45, 7) is 5.01. The second-order valence-corrected chi connectivity index (χ2v) is 10.0. The van der Waals surface area contributed by atoms with Crippen LogP contribution in [0.4, 0.5) is 4.39 Å². The molecule has 3 heterocycles. The highest BCUT2D eigenvalue weighted by molar-refractivity contribution is 7.85. The third-order valence-corrected chi connectivity index (χ3v) is 5.57. The number of nitrogens with zero attached hydrogens (tertiary/aromatic N) is 2. The van der Waals surface area contributed by atoms with E-state index in [-0.39, 0.29) is 5.82 Å². The van der Waals surface area contributed by atoms with Crippen LogP contribution in [-0.4, -0.2) is 35.9 Å². The van der Waals surface area contributed by atoms with Crippen molar-refractivity contribution in [3.05, 3.63) is 46.9 Å². The number of hydrogen-bond donors (Lipinski definition) is 1. The number of thiophene rings is 1. The molecule has 0 saturated carbocycles. The Morgan fingerprint density at radius 3 is 2.67 bits per heavy atom. The molecule has 1 N–H and O–H groups in total. The molecule has 0 bridgehead atoms. The second-order valence-electron chi connectivity index (χ2n) is 7.60. The van der Waals surface area contributed by atoms with Crippen molar-refractivity contribution in [2.75, 3.05) is 13.4 Å². The Labute approximate surface area is 180 Å². The van der Waals surface area contributed by atoms with Crippen molar-refractivity contribution in [3.8, 4) is 27.6 Å². The molecule has 0 spiro atoms. The van der Waals surface area contributed by atoms with Crippen LogP contribution in [0.1, 0.15) is 25.0 Å². The molecule has 4 rings (SSSR count). The number of imidazole rings is 1. The average molecular weight is 453 g/mol. The van der Waals surface area contributed by atoms with Gasteiger partial charge >= 0.3 is 0 Å². The Bertz CT molecular complexity index is 1130. The standard InChI is InChI=1S/C20H21FN2OS.CH4O3S/c1-12(2)9-14-15(24-3)10-13-6-7-23-11-22-19(16-5-4-8-25-16)20(23)17(13)18(14)21;1-5(2,3)4/h4-5,8,10-12H,6-7,9H2,1-3H3;1H3,(H,2,3,4). The Hall–Kier alpha value is -2.23. The lowest BCUT2D eigenvalue weighted by molar-refractivity contribution is 0.399. The zero-order valence-electron chi connectivity index (χ0n) is 17.3. The van der Waals surface area contributed by atoms with Crippen LogP contribution in [0.2, 0.25) is 0 Å². The van der Waals surface area contributed by atoms with Gasteiger partial charge in [0.1, 0.15) is 17.3 Å². The summed E-state index contributed by atoms with van der Waals surface area (Å²) in [5.41, 5.74) is 4.14. The van der Waals surface area contributed by atoms with Crippen molar-refractivity contribution < 1.29 is 22.1 Å². The Morgan fingerprint density at radius 1 is 1.40 bits per heavy atom. The van der Waals surface area contributed by atoms with E-state index < -0.39 is 10.1 Å². The minimum absolute atomic E-state index is 0.151. The zero-order valence-corrected chi connectivity index (χ0v) is 19.0. The molecule has 30 heavy (non-hydrogen) atoms. The molecule has 0 radical (unpaired) electrons. The number of halogens is 1. The summed E-state index contributed by atoms with van der Waals surface area (Å²) < 4.78 is 49.1. The predicted molar refractivity (Wildman–Crippen MR) is 117 cm³/mol. The smallest absolute Gasteiger partial charge is 0.261 e. The predicted octanol–water partition coefficient (Wildman–Crippen LogP) is 4.68. The summed E-state index contributed by atoms with van der Waals surface area (Å²) in [6.07, 6.45) is 3.99. The first-order valence-corrected chi connectivity index (χ1v) is 12.2. The van der Waals surface area contributed by atoms with Crippen LogP contribution in [0.15, 0.2) is 29.9 Å². The third kappa shape index (κ3) is 4.91. The summed E-state index contributed by atoms with van der Waals surface area (Å²) >= 11 is 1.63. The lowest BCUT2D eigenvalue weighted by Gasteiger charge is -2.24. The van der Waals surface area contributed by atoms with Gasteiger partial charge in [0.05, 0.1) is 30.3 Å². The van der Waals surface area contributed by atoms with Gasteiger partial charge in [0.25, 0.3) is 10.1 Å². The van der Waals surface area contributed by atoms with Crippen molar-refractivity contribution in [2.24, 2.45) is 5.92 Å². The van der Waals surface area contributed by atoms with Gasteiger partial charge in [0.2, 0.25) is 0 Å². The first-order valence-electron chi connectivity index (χ1n) is 9.50. The van der Waals surface area contributed by atoms with Crippen molar-refractivity contribution >= 4 is 21.5 Å². The van der Waals surface area contributed by atoms with Gasteiger partial charge in [-0.25, -0.2) is 9.37 Å². The quantitative estimate of drug-likeness (QED) is 0.581. The SMILES string of the molecule is COc1cc2c(c(F)c1CC(C)C)-c1c(-c3cccs3)ncn1CC2.CS(=O)(=O)O. The molecule has 9 heteroatoms. The minimum Gasteiger partial charge on any atom is -0.496 e. The normalized spacial score (nSPS) is 12.8. The van der Waals surface area contributed by atoms with Crippen LogP contribution in [-0.2, 0) is 29.5 Å². The van der Waals surface area contributed by atoms with Gasteiger partial charge in [0, 0.05) is 17.7 Å². The molecule has 0 fully saturated rings. The first-order chi connectivity index (χ1) is 14.1. The number of aromatic nitrogens is 2. The molecular weight excluding hydrogens is 427 g/mol. The maximum absolute atomic E-state index is 15.6. The molecule has 1 aliphatic rings. The Kier molecular flexibility index (Phi) is 6.64. The number of hydrogen-bond acceptors (Lipinski definition) is 5. The van der Waals surface area contributed by atoms with Gasteiger partial charge in [-0.2, -0.15) is 8.42 Å². The topological polar surface area (TPSA) is 81.4 Å². The number of methoxy groups -OCH3 is 1. The van der Waals surface area contributed by atoms with Crippen LogP contribution < -0.4 is 4.74 Å². The van der Waals surface area contributed by atoms with E-state index in [0.717, 1.165) is 34.8 Å². The average Bonchev–Trinajstić information content (AvgIpc) is 3.30. The summed E-state index contributed by atoms with van der Waals surface area (Å²) in [6, 6.07) is 6.06. The monoisotopic (exact) mass is 452 g/mol. The van der Waals surface area contributed by atoms with Crippen molar-refractivity contribution in [1.29, 1.82) is 0 Å². The Balaban J connectivity index is 0.000000461. The highest BCUT2D eigenvalue weighted by Crippen LogP contribution is 2.43. The van der Waals surface area contributed by atoms with Crippen LogP contribution in [0.25, 0.3) is 21.8 Å². The minimum atomic E-state index is -3.67. The zero-order chi connectivity index (χ0) is 22.1. The van der Waals surface area contributed by atoms with E-state index in [1.165, 1.54) is 0 Å². The lowest BCUT2D eigenvalue weighted by atomic mass is 9.90. The van der Waals surface area contributed by atoms with Crippen molar-refractivity contribution in [2.45, 2.75) is 33.2 Å². The maximum atomic E-state index is 15.6. The van der Waals surface area contributed by atoms with E-state index in [9.17, 15) is 8.42 Å². The third-order valence-electron chi connectivity index (χ3n) is 4.69. The van der Waals surface area contributed by atoms with Gasteiger partial charge in [0.15, 0.2) is 0 Å². The molecule has 1 aliphatic heterocycles. The molecule has 2 aromatic heterocycles. The van der Waals surface area contributed by atoms with Gasteiger partial charge in [-0.05, 0) is 41.8 Å². The van der Waals surface area contributed by atoms with Gasteiger partial charge < -0.3 is 9.30 Å². The molecule has 162 valence electrons. The summed E-state index contributed by atoms with van der Waals surface area (Å²) in [5.74, 6) is 0.865. The molecule has 6 nitrogen and oxygen atoms in total. The summed E-state index contributed by atoms with van der Waals surface area (Å²) in [4.78, 5) is 5.66. The number of ether oxygens (including phenoxy) is 1. The molecule has 1 aromatic carbocycles. The lowest BCUT2D eigenvalue weighted by Crippen LogP contribution is -2.14. The summed E-state index contributed by atoms with van der Waals surface area (Å²) in [5, 5.41) is 2.03. The molecule has 0 aliphatic carbocycles. The molecule has 0 saturated heterocycles. The molecule has 3 aromatic rings. The number of benzene rings is 1. The van der Waals surface area contributed by atoms with Gasteiger partial charge in [-0.1, -0.05) is 19.9 Å². The van der Waals surface area contributed by atoms with E-state index in [1.807, 2.05) is 29.9 Å². The van der Waals surface area contributed by atoms with Crippen molar-refractivity contribution in [3.63, 3.8) is 0 Å². The summed E-state index contributed by atoms with van der Waals surface area (Å²) in [7, 11) is -2.05. The molecule has 0 atom stereocenters. The number of fused-ring (bicyclic) bond motifs is 3. The van der Waals surface area contributed by atoms with E-state index >= 15 is 4.39 Å². The highest BCUT2D eigenvalue weighted by Gasteiger charge is 2.28. The highest BCUT2D eigenvalue weighted by atomic mass is 32.2. The first kappa shape index (κ1) is 22.5. The van der Waals surface area contributed by atoms with Crippen LogP contribution in [0.5, 0.6) is 5.75 Å². The maximum Gasteiger partial charge on any atom is 0.261 e. The largest absolute Gasteiger partial charge is 0.496 e. The second kappa shape index (κ2) is 8.87. The fourth-order valence-electron chi connectivity index (χ4n) is 3.60. The molecule has 0 amide bonds.